The van der Waals surface area contributed by atoms with Crippen molar-refractivity contribution in [3.63, 3.8) is 0 Å². The van der Waals surface area contributed by atoms with Crippen LogP contribution < -0.4 is 5.32 Å². The fraction of sp³-hybridized carbons (Fsp3) is 0.136. The van der Waals surface area contributed by atoms with Crippen molar-refractivity contribution in [3.05, 3.63) is 76.5 Å². The zero-order chi connectivity index (χ0) is 19.7. The molecule has 0 aliphatic rings. The average Bonchev–Trinajstić information content (AvgIpc) is 3.11. The van der Waals surface area contributed by atoms with Gasteiger partial charge in [-0.25, -0.2) is 4.98 Å². The molecular formula is C22H18BrN3O2. The van der Waals surface area contributed by atoms with Crippen molar-refractivity contribution in [1.82, 2.24) is 9.97 Å². The standard InChI is InChI=1S/C22H18BrN3O2/c1-13(2)15-5-8-20-19(10-15)26-22(28-20)14-3-6-18(7-4-14)25-21(27)16-9-17(23)12-24-11-16/h3-13H,1-2H3,(H,25,27). The van der Waals surface area contributed by atoms with Crippen LogP contribution >= 0.6 is 15.9 Å². The molecule has 6 heteroatoms. The number of oxazole rings is 1. The minimum atomic E-state index is -0.218. The molecule has 2 aromatic heterocycles. The number of rotatable bonds is 4. The smallest absolute Gasteiger partial charge is 0.257 e. The number of carbonyl (C=O) groups is 1. The van der Waals surface area contributed by atoms with Crippen molar-refractivity contribution in [3.8, 4) is 11.5 Å². The van der Waals surface area contributed by atoms with Crippen LogP contribution in [-0.2, 0) is 0 Å². The second-order valence-corrected chi connectivity index (χ2v) is 7.74. The van der Waals surface area contributed by atoms with E-state index in [4.69, 9.17) is 4.42 Å². The molecule has 0 bridgehead atoms. The van der Waals surface area contributed by atoms with E-state index in [2.05, 4.69) is 57.2 Å². The highest BCUT2D eigenvalue weighted by Gasteiger charge is 2.11. The van der Waals surface area contributed by atoms with Crippen LogP contribution in [0.15, 0.2) is 69.8 Å². The lowest BCUT2D eigenvalue weighted by Gasteiger charge is -2.05. The van der Waals surface area contributed by atoms with E-state index in [1.54, 1.807) is 12.3 Å². The third-order valence-corrected chi connectivity index (χ3v) is 4.87. The van der Waals surface area contributed by atoms with Gasteiger partial charge in [0.05, 0.1) is 5.56 Å². The monoisotopic (exact) mass is 435 g/mol. The Labute approximate surface area is 170 Å². The number of anilines is 1. The highest BCUT2D eigenvalue weighted by molar-refractivity contribution is 9.10. The first-order chi connectivity index (χ1) is 13.5. The predicted octanol–water partition coefficient (Wildman–Crippen LogP) is 6.03. The first kappa shape index (κ1) is 18.4. The largest absolute Gasteiger partial charge is 0.436 e. The highest BCUT2D eigenvalue weighted by atomic mass is 79.9. The van der Waals surface area contributed by atoms with Gasteiger partial charge in [0.15, 0.2) is 5.58 Å². The summed E-state index contributed by atoms with van der Waals surface area (Å²) in [5, 5.41) is 2.86. The Bertz CT molecular complexity index is 1150. The van der Waals surface area contributed by atoms with Crippen LogP contribution in [0.25, 0.3) is 22.6 Å². The number of hydrogen-bond acceptors (Lipinski definition) is 4. The van der Waals surface area contributed by atoms with E-state index in [9.17, 15) is 4.79 Å². The second-order valence-electron chi connectivity index (χ2n) is 6.82. The zero-order valence-electron chi connectivity index (χ0n) is 15.4. The summed E-state index contributed by atoms with van der Waals surface area (Å²) in [7, 11) is 0. The van der Waals surface area contributed by atoms with E-state index in [1.807, 2.05) is 30.3 Å². The molecule has 140 valence electrons. The number of amides is 1. The van der Waals surface area contributed by atoms with E-state index in [1.165, 1.54) is 11.8 Å². The number of hydrogen-bond donors (Lipinski definition) is 1. The quantitative estimate of drug-likeness (QED) is 0.424. The summed E-state index contributed by atoms with van der Waals surface area (Å²) in [4.78, 5) is 20.9. The molecule has 28 heavy (non-hydrogen) atoms. The third-order valence-electron chi connectivity index (χ3n) is 4.44. The topological polar surface area (TPSA) is 68.0 Å². The van der Waals surface area contributed by atoms with Crippen LogP contribution in [0, 0.1) is 0 Å². The van der Waals surface area contributed by atoms with Crippen LogP contribution in [0.4, 0.5) is 5.69 Å². The summed E-state index contributed by atoms with van der Waals surface area (Å²) in [5.74, 6) is 0.780. The summed E-state index contributed by atoms with van der Waals surface area (Å²) in [6.45, 7) is 4.30. The van der Waals surface area contributed by atoms with Crippen LogP contribution in [0.5, 0.6) is 0 Å². The molecule has 0 fully saturated rings. The number of halogens is 1. The molecule has 5 nitrogen and oxygen atoms in total. The fourth-order valence-corrected chi connectivity index (χ4v) is 3.23. The number of pyridine rings is 1. The summed E-state index contributed by atoms with van der Waals surface area (Å²) in [5.41, 5.74) is 4.86. The Morgan fingerprint density at radius 1 is 1.07 bits per heavy atom. The molecule has 0 aliphatic carbocycles. The van der Waals surface area contributed by atoms with Crippen molar-refractivity contribution in [2.45, 2.75) is 19.8 Å². The molecule has 0 saturated heterocycles. The number of nitrogens with one attached hydrogen (secondary N) is 1. The molecule has 0 saturated carbocycles. The van der Waals surface area contributed by atoms with Gasteiger partial charge in [-0.05, 0) is 69.9 Å². The number of aromatic nitrogens is 2. The lowest BCUT2D eigenvalue weighted by atomic mass is 10.0. The minimum Gasteiger partial charge on any atom is -0.436 e. The van der Waals surface area contributed by atoms with Gasteiger partial charge in [0.25, 0.3) is 5.91 Å². The van der Waals surface area contributed by atoms with Gasteiger partial charge in [0.1, 0.15) is 5.52 Å². The zero-order valence-corrected chi connectivity index (χ0v) is 17.0. The van der Waals surface area contributed by atoms with Crippen LogP contribution in [0.1, 0.15) is 35.7 Å². The normalized spacial score (nSPS) is 11.1. The van der Waals surface area contributed by atoms with Gasteiger partial charge in [-0.2, -0.15) is 0 Å². The maximum absolute atomic E-state index is 12.3. The fourth-order valence-electron chi connectivity index (χ4n) is 2.86. The van der Waals surface area contributed by atoms with Crippen LogP contribution in [0.3, 0.4) is 0 Å². The summed E-state index contributed by atoms with van der Waals surface area (Å²) in [6.07, 6.45) is 3.16. The second kappa shape index (κ2) is 7.56. The lowest BCUT2D eigenvalue weighted by Crippen LogP contribution is -2.12. The maximum Gasteiger partial charge on any atom is 0.257 e. The van der Waals surface area contributed by atoms with Gasteiger partial charge in [0.2, 0.25) is 5.89 Å². The van der Waals surface area contributed by atoms with Gasteiger partial charge in [0, 0.05) is 28.1 Å². The van der Waals surface area contributed by atoms with E-state index in [0.717, 1.165) is 21.1 Å². The first-order valence-corrected chi connectivity index (χ1v) is 9.72. The van der Waals surface area contributed by atoms with Gasteiger partial charge in [-0.15, -0.1) is 0 Å². The molecule has 4 rings (SSSR count). The van der Waals surface area contributed by atoms with Crippen LogP contribution in [0.2, 0.25) is 0 Å². The Morgan fingerprint density at radius 3 is 2.57 bits per heavy atom. The van der Waals surface area contributed by atoms with Crippen molar-refractivity contribution >= 4 is 38.6 Å². The average molecular weight is 436 g/mol. The van der Waals surface area contributed by atoms with Crippen molar-refractivity contribution < 1.29 is 9.21 Å². The van der Waals surface area contributed by atoms with Crippen molar-refractivity contribution in [2.24, 2.45) is 0 Å². The minimum absolute atomic E-state index is 0.218. The Kier molecular flexibility index (Phi) is 4.96. The van der Waals surface area contributed by atoms with Gasteiger partial charge >= 0.3 is 0 Å². The van der Waals surface area contributed by atoms with Gasteiger partial charge < -0.3 is 9.73 Å². The SMILES string of the molecule is CC(C)c1ccc2oc(-c3ccc(NC(=O)c4cncc(Br)c4)cc3)nc2c1. The Morgan fingerprint density at radius 2 is 1.86 bits per heavy atom. The van der Waals surface area contributed by atoms with Gasteiger partial charge in [-0.1, -0.05) is 19.9 Å². The molecule has 0 radical (unpaired) electrons. The molecule has 2 heterocycles. The Balaban J connectivity index is 1.54. The third kappa shape index (κ3) is 3.82. The number of nitrogens with zero attached hydrogens (tertiary/aromatic N) is 2. The highest BCUT2D eigenvalue weighted by Crippen LogP contribution is 2.27. The van der Waals surface area contributed by atoms with E-state index in [0.29, 0.717) is 23.1 Å². The van der Waals surface area contributed by atoms with Gasteiger partial charge in [-0.3, -0.25) is 9.78 Å². The van der Waals surface area contributed by atoms with Crippen LogP contribution in [-0.4, -0.2) is 15.9 Å². The summed E-state index contributed by atoms with van der Waals surface area (Å²) < 4.78 is 6.64. The molecule has 2 aromatic carbocycles. The molecule has 0 aliphatic heterocycles. The van der Waals surface area contributed by atoms with E-state index in [-0.39, 0.29) is 5.91 Å². The van der Waals surface area contributed by atoms with Crippen molar-refractivity contribution in [2.75, 3.05) is 5.32 Å². The molecule has 1 N–H and O–H groups in total. The first-order valence-electron chi connectivity index (χ1n) is 8.92. The molecule has 4 aromatic rings. The lowest BCUT2D eigenvalue weighted by molar-refractivity contribution is 0.102. The number of fused-ring (bicyclic) bond motifs is 1. The van der Waals surface area contributed by atoms with E-state index < -0.39 is 0 Å². The Hall–Kier alpha value is -2.99. The van der Waals surface area contributed by atoms with E-state index >= 15 is 0 Å². The molecular weight excluding hydrogens is 418 g/mol. The summed E-state index contributed by atoms with van der Waals surface area (Å²) >= 11 is 3.32. The maximum atomic E-state index is 12.3. The molecule has 0 unspecified atom stereocenters. The van der Waals surface area contributed by atoms with Crippen molar-refractivity contribution in [1.29, 1.82) is 0 Å². The molecule has 0 atom stereocenters. The predicted molar refractivity (Wildman–Crippen MR) is 113 cm³/mol. The molecule has 1 amide bonds. The molecule has 0 spiro atoms. The number of benzene rings is 2. The summed E-state index contributed by atoms with van der Waals surface area (Å²) in [6, 6.07) is 15.2. The number of carbonyl (C=O) groups excluding carboxylic acids is 1.